The molecule has 156 valence electrons. The Morgan fingerprint density at radius 2 is 1.72 bits per heavy atom. The SMILES string of the molecule is CC(C)(C)OC(=O)N[C@@H](COCc1ccccc1)C(=O)Nc1ccc(Cl)c(Cl)c1. The van der Waals surface area contributed by atoms with Crippen molar-refractivity contribution in [2.75, 3.05) is 11.9 Å². The molecule has 6 nitrogen and oxygen atoms in total. The third-order valence-electron chi connectivity index (χ3n) is 3.59. The molecule has 0 aliphatic rings. The molecular weight excluding hydrogens is 415 g/mol. The number of hydrogen-bond donors (Lipinski definition) is 2. The van der Waals surface area contributed by atoms with Gasteiger partial charge >= 0.3 is 6.09 Å². The van der Waals surface area contributed by atoms with Crippen molar-refractivity contribution >= 4 is 40.9 Å². The lowest BCUT2D eigenvalue weighted by Gasteiger charge is -2.23. The highest BCUT2D eigenvalue weighted by molar-refractivity contribution is 6.42. The summed E-state index contributed by atoms with van der Waals surface area (Å²) >= 11 is 11.9. The molecule has 0 heterocycles. The number of nitrogens with one attached hydrogen (secondary N) is 2. The molecule has 0 aliphatic carbocycles. The minimum atomic E-state index is -0.969. The summed E-state index contributed by atoms with van der Waals surface area (Å²) in [5.74, 6) is -0.470. The number of alkyl carbamates (subject to hydrolysis) is 1. The van der Waals surface area contributed by atoms with Gasteiger partial charge in [-0.3, -0.25) is 4.79 Å². The van der Waals surface area contributed by atoms with E-state index in [9.17, 15) is 9.59 Å². The van der Waals surface area contributed by atoms with Gasteiger partial charge in [-0.25, -0.2) is 4.79 Å². The van der Waals surface area contributed by atoms with Crippen molar-refractivity contribution in [2.45, 2.75) is 39.0 Å². The van der Waals surface area contributed by atoms with Gasteiger partial charge in [0.15, 0.2) is 0 Å². The lowest BCUT2D eigenvalue weighted by Crippen LogP contribution is -2.48. The highest BCUT2D eigenvalue weighted by Gasteiger charge is 2.25. The van der Waals surface area contributed by atoms with Gasteiger partial charge < -0.3 is 20.1 Å². The summed E-state index contributed by atoms with van der Waals surface area (Å²) in [4.78, 5) is 24.9. The van der Waals surface area contributed by atoms with E-state index in [4.69, 9.17) is 32.7 Å². The Morgan fingerprint density at radius 1 is 1.03 bits per heavy atom. The standard InChI is InChI=1S/C21H24Cl2N2O4/c1-21(2,3)29-20(27)25-18(13-28-12-14-7-5-4-6-8-14)19(26)24-15-9-10-16(22)17(23)11-15/h4-11,18H,12-13H2,1-3H3,(H,24,26)(H,25,27)/t18-/m0/s1. The lowest BCUT2D eigenvalue weighted by atomic mass is 10.2. The molecule has 2 aromatic carbocycles. The topological polar surface area (TPSA) is 76.7 Å². The Balaban J connectivity index is 2.03. The molecule has 0 unspecified atom stereocenters. The Kier molecular flexibility index (Phi) is 8.32. The molecule has 2 amide bonds. The predicted octanol–water partition coefficient (Wildman–Crippen LogP) is 5.04. The fourth-order valence-corrected chi connectivity index (χ4v) is 2.60. The van der Waals surface area contributed by atoms with E-state index >= 15 is 0 Å². The van der Waals surface area contributed by atoms with Crippen LogP contribution < -0.4 is 10.6 Å². The largest absolute Gasteiger partial charge is 0.444 e. The van der Waals surface area contributed by atoms with Gasteiger partial charge in [-0.05, 0) is 44.5 Å². The summed E-state index contributed by atoms with van der Waals surface area (Å²) < 4.78 is 10.9. The Bertz CT molecular complexity index is 838. The maximum atomic E-state index is 12.7. The van der Waals surface area contributed by atoms with E-state index in [1.807, 2.05) is 30.3 Å². The van der Waals surface area contributed by atoms with Gasteiger partial charge in [0.05, 0.1) is 23.3 Å². The summed E-state index contributed by atoms with van der Waals surface area (Å²) in [6.45, 7) is 5.48. The second kappa shape index (κ2) is 10.5. The molecule has 0 aliphatic heterocycles. The lowest BCUT2D eigenvalue weighted by molar-refractivity contribution is -0.119. The van der Waals surface area contributed by atoms with Crippen molar-refractivity contribution in [1.82, 2.24) is 5.32 Å². The molecule has 29 heavy (non-hydrogen) atoms. The highest BCUT2D eigenvalue weighted by atomic mass is 35.5. The average molecular weight is 439 g/mol. The van der Waals surface area contributed by atoms with Crippen LogP contribution in [-0.4, -0.2) is 30.3 Å². The maximum absolute atomic E-state index is 12.7. The number of rotatable bonds is 7. The molecule has 0 aromatic heterocycles. The van der Waals surface area contributed by atoms with Crippen LogP contribution in [-0.2, 0) is 20.9 Å². The first-order valence-electron chi connectivity index (χ1n) is 9.01. The summed E-state index contributed by atoms with van der Waals surface area (Å²) in [6, 6.07) is 13.3. The van der Waals surface area contributed by atoms with Crippen LogP contribution in [0.4, 0.5) is 10.5 Å². The van der Waals surface area contributed by atoms with Crippen LogP contribution in [0.15, 0.2) is 48.5 Å². The van der Waals surface area contributed by atoms with E-state index in [1.165, 1.54) is 6.07 Å². The van der Waals surface area contributed by atoms with Crippen LogP contribution in [0.3, 0.4) is 0 Å². The fourth-order valence-electron chi connectivity index (χ4n) is 2.30. The van der Waals surface area contributed by atoms with Gasteiger partial charge in [-0.15, -0.1) is 0 Å². The van der Waals surface area contributed by atoms with Crippen LogP contribution >= 0.6 is 23.2 Å². The number of anilines is 1. The summed E-state index contributed by atoms with van der Waals surface area (Å²) in [5, 5.41) is 5.92. The zero-order valence-corrected chi connectivity index (χ0v) is 18.0. The summed E-state index contributed by atoms with van der Waals surface area (Å²) in [5.41, 5.74) is 0.705. The number of carbonyl (C=O) groups is 2. The van der Waals surface area contributed by atoms with Crippen LogP contribution in [0.25, 0.3) is 0 Å². The highest BCUT2D eigenvalue weighted by Crippen LogP contribution is 2.25. The Morgan fingerprint density at radius 3 is 2.34 bits per heavy atom. The first-order chi connectivity index (χ1) is 13.6. The van der Waals surface area contributed by atoms with E-state index in [-0.39, 0.29) is 6.61 Å². The van der Waals surface area contributed by atoms with Gasteiger partial charge in [-0.1, -0.05) is 53.5 Å². The first-order valence-corrected chi connectivity index (χ1v) is 9.77. The molecule has 0 radical (unpaired) electrons. The zero-order chi connectivity index (χ0) is 21.4. The Hall–Kier alpha value is -2.28. The number of amides is 2. The van der Waals surface area contributed by atoms with E-state index < -0.39 is 23.6 Å². The quantitative estimate of drug-likeness (QED) is 0.634. The van der Waals surface area contributed by atoms with Crippen LogP contribution in [0.1, 0.15) is 26.3 Å². The first kappa shape index (κ1) is 23.0. The van der Waals surface area contributed by atoms with Crippen molar-refractivity contribution in [3.05, 3.63) is 64.1 Å². The number of carbonyl (C=O) groups excluding carboxylic acids is 2. The van der Waals surface area contributed by atoms with Gasteiger partial charge in [0.1, 0.15) is 11.6 Å². The number of hydrogen-bond acceptors (Lipinski definition) is 4. The fraction of sp³-hybridized carbons (Fsp3) is 0.333. The van der Waals surface area contributed by atoms with Crippen molar-refractivity contribution < 1.29 is 19.1 Å². The summed E-state index contributed by atoms with van der Waals surface area (Å²) in [7, 11) is 0. The van der Waals surface area contributed by atoms with Crippen LogP contribution in [0, 0.1) is 0 Å². The molecule has 0 saturated carbocycles. The molecule has 0 fully saturated rings. The predicted molar refractivity (Wildman–Crippen MR) is 114 cm³/mol. The monoisotopic (exact) mass is 438 g/mol. The molecule has 2 rings (SSSR count). The van der Waals surface area contributed by atoms with Gasteiger partial charge in [0, 0.05) is 5.69 Å². The molecule has 2 N–H and O–H groups in total. The molecule has 8 heteroatoms. The summed E-state index contributed by atoms with van der Waals surface area (Å²) in [6.07, 6.45) is -0.713. The van der Waals surface area contributed by atoms with E-state index in [0.717, 1.165) is 5.56 Å². The normalized spacial score (nSPS) is 12.2. The average Bonchev–Trinajstić information content (AvgIpc) is 2.63. The molecule has 1 atom stereocenters. The van der Waals surface area contributed by atoms with Gasteiger partial charge in [0.2, 0.25) is 5.91 Å². The minimum Gasteiger partial charge on any atom is -0.444 e. The smallest absolute Gasteiger partial charge is 0.408 e. The molecule has 0 bridgehead atoms. The Labute approximate surface area is 180 Å². The molecular formula is C21H24Cl2N2O4. The van der Waals surface area contributed by atoms with Crippen molar-refractivity contribution in [3.63, 3.8) is 0 Å². The second-order valence-electron chi connectivity index (χ2n) is 7.32. The van der Waals surface area contributed by atoms with Crippen molar-refractivity contribution in [3.8, 4) is 0 Å². The van der Waals surface area contributed by atoms with Crippen LogP contribution in [0.2, 0.25) is 10.0 Å². The van der Waals surface area contributed by atoms with E-state index in [1.54, 1.807) is 32.9 Å². The van der Waals surface area contributed by atoms with E-state index in [0.29, 0.717) is 22.3 Å². The third kappa shape index (κ3) is 8.31. The molecule has 0 spiro atoms. The number of ether oxygens (including phenoxy) is 2. The van der Waals surface area contributed by atoms with E-state index in [2.05, 4.69) is 10.6 Å². The zero-order valence-electron chi connectivity index (χ0n) is 16.5. The molecule has 0 saturated heterocycles. The second-order valence-corrected chi connectivity index (χ2v) is 8.13. The third-order valence-corrected chi connectivity index (χ3v) is 4.33. The van der Waals surface area contributed by atoms with Gasteiger partial charge in [0.25, 0.3) is 0 Å². The van der Waals surface area contributed by atoms with Crippen molar-refractivity contribution in [2.24, 2.45) is 0 Å². The molecule has 2 aromatic rings. The van der Waals surface area contributed by atoms with Gasteiger partial charge in [-0.2, -0.15) is 0 Å². The number of benzene rings is 2. The van der Waals surface area contributed by atoms with Crippen LogP contribution in [0.5, 0.6) is 0 Å². The van der Waals surface area contributed by atoms with Crippen molar-refractivity contribution in [1.29, 1.82) is 0 Å². The minimum absolute atomic E-state index is 0.0404. The maximum Gasteiger partial charge on any atom is 0.408 e. The number of halogens is 2.